The van der Waals surface area contributed by atoms with Crippen molar-refractivity contribution < 1.29 is 27.4 Å². The molecule has 1 atom stereocenters. The molecule has 2 aromatic heterocycles. The first kappa shape index (κ1) is 24.1. The summed E-state index contributed by atoms with van der Waals surface area (Å²) in [7, 11) is 1.54. The van der Waals surface area contributed by atoms with Gasteiger partial charge in [0.05, 0.1) is 29.9 Å². The Labute approximate surface area is 205 Å². The van der Waals surface area contributed by atoms with Crippen LogP contribution in [-0.2, 0) is 12.0 Å². The van der Waals surface area contributed by atoms with Crippen LogP contribution in [0.5, 0.6) is 5.75 Å². The Morgan fingerprint density at radius 3 is 2.44 bits per heavy atom. The van der Waals surface area contributed by atoms with Crippen molar-refractivity contribution in [3.8, 4) is 28.5 Å². The Morgan fingerprint density at radius 1 is 1.11 bits per heavy atom. The topological polar surface area (TPSA) is 86.2 Å². The number of aromatic nitrogens is 4. The van der Waals surface area contributed by atoms with Gasteiger partial charge >= 0.3 is 0 Å². The monoisotopic (exact) mass is 498 g/mol. The second-order valence-corrected chi connectivity index (χ2v) is 9.48. The first-order valence-electron chi connectivity index (χ1n) is 11.5. The van der Waals surface area contributed by atoms with E-state index in [0.29, 0.717) is 59.6 Å². The summed E-state index contributed by atoms with van der Waals surface area (Å²) in [5.41, 5.74) is -1.33. The van der Waals surface area contributed by atoms with Crippen LogP contribution in [0.3, 0.4) is 0 Å². The number of fused-ring (bicyclic) bond motifs is 1. The summed E-state index contributed by atoms with van der Waals surface area (Å²) < 4.78 is 55.4. The maximum absolute atomic E-state index is 14.3. The van der Waals surface area contributed by atoms with Gasteiger partial charge < -0.3 is 18.8 Å². The van der Waals surface area contributed by atoms with Gasteiger partial charge in [-0.05, 0) is 56.5 Å². The minimum absolute atomic E-state index is 0.0971. The number of hydrogen-bond acceptors (Lipinski definition) is 6. The molecule has 0 radical (unpaired) electrons. The smallest absolute Gasteiger partial charge is 0.194 e. The Bertz CT molecular complexity index is 1430. The van der Waals surface area contributed by atoms with Crippen molar-refractivity contribution in [2.45, 2.75) is 51.2 Å². The maximum atomic E-state index is 14.3. The number of oxazole rings is 1. The molecule has 5 rings (SSSR count). The Balaban J connectivity index is 1.67. The molecule has 7 nitrogen and oxygen atoms in total. The van der Waals surface area contributed by atoms with Gasteiger partial charge in [0, 0.05) is 19.0 Å². The fourth-order valence-corrected chi connectivity index (χ4v) is 5.19. The molecule has 2 aromatic carbocycles. The predicted octanol–water partition coefficient (Wildman–Crippen LogP) is 5.19. The van der Waals surface area contributed by atoms with Crippen LogP contribution in [0.2, 0.25) is 0 Å². The van der Waals surface area contributed by atoms with E-state index in [9.17, 15) is 18.3 Å². The summed E-state index contributed by atoms with van der Waals surface area (Å²) >= 11 is 0. The van der Waals surface area contributed by atoms with E-state index < -0.39 is 28.5 Å². The summed E-state index contributed by atoms with van der Waals surface area (Å²) in [6.45, 7) is 5.37. The molecule has 0 saturated carbocycles. The number of halogens is 3. The number of aryl methyl sites for hydroxylation is 1. The quantitative estimate of drug-likeness (QED) is 0.382. The average molecular weight is 499 g/mol. The number of rotatable bonds is 5. The minimum atomic E-state index is -1.56. The van der Waals surface area contributed by atoms with Crippen LogP contribution >= 0.6 is 0 Å². The van der Waals surface area contributed by atoms with Crippen LogP contribution in [0.25, 0.3) is 22.7 Å². The number of nitrogens with zero attached hydrogens (tertiary/aromatic N) is 4. The Kier molecular flexibility index (Phi) is 5.66. The summed E-state index contributed by atoms with van der Waals surface area (Å²) in [5, 5.41) is 20.1. The van der Waals surface area contributed by atoms with Gasteiger partial charge in [0.2, 0.25) is 0 Å². The van der Waals surface area contributed by atoms with Gasteiger partial charge in [-0.15, -0.1) is 10.2 Å². The second kappa shape index (κ2) is 8.48. The highest BCUT2D eigenvalue weighted by Gasteiger charge is 2.52. The first-order chi connectivity index (χ1) is 17.1. The third kappa shape index (κ3) is 3.59. The van der Waals surface area contributed by atoms with E-state index >= 15 is 0 Å². The molecule has 3 heterocycles. The Hall–Kier alpha value is -3.66. The van der Waals surface area contributed by atoms with Crippen molar-refractivity contribution in [3.63, 3.8) is 0 Å². The number of benzene rings is 2. The van der Waals surface area contributed by atoms with Crippen molar-refractivity contribution >= 4 is 0 Å². The SMILES string of the molecule is COc1cc(-c2nnc3n2CCC[C@]3(c2cc(F)c(F)c(F)c2)C(C)(C)O)ccc1-c1cnc(C)o1. The van der Waals surface area contributed by atoms with Crippen molar-refractivity contribution in [3.05, 3.63) is 71.3 Å². The Morgan fingerprint density at radius 2 is 1.83 bits per heavy atom. The highest BCUT2D eigenvalue weighted by Crippen LogP contribution is 2.48. The number of hydrogen-bond donors (Lipinski definition) is 1. The van der Waals surface area contributed by atoms with Gasteiger partial charge in [-0.2, -0.15) is 0 Å². The van der Waals surface area contributed by atoms with E-state index in [2.05, 4.69) is 15.2 Å². The second-order valence-electron chi connectivity index (χ2n) is 9.48. The average Bonchev–Trinajstić information content (AvgIpc) is 3.47. The van der Waals surface area contributed by atoms with E-state index in [0.717, 1.165) is 12.1 Å². The molecule has 36 heavy (non-hydrogen) atoms. The maximum Gasteiger partial charge on any atom is 0.194 e. The zero-order valence-electron chi connectivity index (χ0n) is 20.3. The zero-order valence-corrected chi connectivity index (χ0v) is 20.3. The molecule has 1 aliphatic rings. The van der Waals surface area contributed by atoms with Gasteiger partial charge in [-0.25, -0.2) is 18.2 Å². The fraction of sp³-hybridized carbons (Fsp3) is 0.346. The standard InChI is InChI=1S/C26H25F3N4O3/c1-14-30-13-21(36-14)17-7-6-15(10-20(17)35-4)23-31-32-24-26(25(2,3)34,8-5-9-33(23)24)16-11-18(27)22(29)19(28)12-16/h6-7,10-13,34H,5,8-9H2,1-4H3/t26-/m1/s1. The number of ether oxygens (including phenoxy) is 1. The summed E-state index contributed by atoms with van der Waals surface area (Å²) in [5.74, 6) is -1.75. The zero-order chi connectivity index (χ0) is 25.8. The largest absolute Gasteiger partial charge is 0.496 e. The molecule has 10 heteroatoms. The van der Waals surface area contributed by atoms with Crippen LogP contribution < -0.4 is 4.74 Å². The molecule has 0 bridgehead atoms. The molecule has 0 unspecified atom stereocenters. The van der Waals surface area contributed by atoms with E-state index in [1.165, 1.54) is 0 Å². The summed E-state index contributed by atoms with van der Waals surface area (Å²) in [4.78, 5) is 4.13. The van der Waals surface area contributed by atoms with Crippen LogP contribution in [0, 0.1) is 24.4 Å². The summed E-state index contributed by atoms with van der Waals surface area (Å²) in [6, 6.07) is 7.31. The molecule has 0 amide bonds. The lowest BCUT2D eigenvalue weighted by Crippen LogP contribution is -2.52. The molecule has 0 saturated heterocycles. The van der Waals surface area contributed by atoms with Gasteiger partial charge in [0.25, 0.3) is 0 Å². The third-order valence-corrected chi connectivity index (χ3v) is 6.93. The van der Waals surface area contributed by atoms with Crippen LogP contribution in [0.4, 0.5) is 13.2 Å². The van der Waals surface area contributed by atoms with E-state index in [1.807, 2.05) is 16.7 Å². The van der Waals surface area contributed by atoms with Crippen molar-refractivity contribution in [2.24, 2.45) is 0 Å². The molecule has 4 aromatic rings. The van der Waals surface area contributed by atoms with Crippen molar-refractivity contribution in [2.75, 3.05) is 7.11 Å². The molecule has 188 valence electrons. The molecule has 1 N–H and O–H groups in total. The van der Waals surface area contributed by atoms with Gasteiger partial charge in [-0.1, -0.05) is 6.07 Å². The molecule has 0 aliphatic carbocycles. The van der Waals surface area contributed by atoms with E-state index in [-0.39, 0.29) is 5.56 Å². The van der Waals surface area contributed by atoms with Gasteiger partial charge in [0.15, 0.2) is 34.9 Å². The van der Waals surface area contributed by atoms with Crippen molar-refractivity contribution in [1.29, 1.82) is 0 Å². The highest BCUT2D eigenvalue weighted by molar-refractivity contribution is 5.71. The molecule has 1 aliphatic heterocycles. The highest BCUT2D eigenvalue weighted by atomic mass is 19.2. The fourth-order valence-electron chi connectivity index (χ4n) is 5.19. The lowest BCUT2D eigenvalue weighted by molar-refractivity contribution is -0.00483. The van der Waals surface area contributed by atoms with Gasteiger partial charge in [0.1, 0.15) is 11.6 Å². The first-order valence-corrected chi connectivity index (χ1v) is 11.5. The van der Waals surface area contributed by atoms with Crippen LogP contribution in [-0.4, -0.2) is 37.6 Å². The normalized spacial score (nSPS) is 17.8. The van der Waals surface area contributed by atoms with Crippen LogP contribution in [0.1, 0.15) is 44.0 Å². The molecular weight excluding hydrogens is 473 g/mol. The molecule has 0 spiro atoms. The van der Waals surface area contributed by atoms with Crippen molar-refractivity contribution in [1.82, 2.24) is 19.7 Å². The number of methoxy groups -OCH3 is 1. The molecule has 0 fully saturated rings. The molecular formula is C26H25F3N4O3. The van der Waals surface area contributed by atoms with Gasteiger partial charge in [-0.3, -0.25) is 0 Å². The lowest BCUT2D eigenvalue weighted by atomic mass is 9.64. The summed E-state index contributed by atoms with van der Waals surface area (Å²) in [6.07, 6.45) is 2.52. The minimum Gasteiger partial charge on any atom is -0.496 e. The third-order valence-electron chi connectivity index (χ3n) is 6.93. The number of aliphatic hydroxyl groups is 1. The van der Waals surface area contributed by atoms with Crippen LogP contribution in [0.15, 0.2) is 40.9 Å². The predicted molar refractivity (Wildman–Crippen MR) is 125 cm³/mol. The van der Waals surface area contributed by atoms with E-state index in [1.54, 1.807) is 40.1 Å². The van der Waals surface area contributed by atoms with E-state index in [4.69, 9.17) is 9.15 Å². The lowest BCUT2D eigenvalue weighted by Gasteiger charge is -2.45.